The number of urea groups is 1. The van der Waals surface area contributed by atoms with Crippen LogP contribution in [0.25, 0.3) is 0 Å². The molecule has 158 valence electrons. The van der Waals surface area contributed by atoms with Crippen LogP contribution in [-0.4, -0.2) is 60.0 Å². The van der Waals surface area contributed by atoms with Gasteiger partial charge in [0, 0.05) is 13.6 Å². The van der Waals surface area contributed by atoms with Gasteiger partial charge in [-0.15, -0.1) is 0 Å². The van der Waals surface area contributed by atoms with Crippen molar-refractivity contribution in [3.05, 3.63) is 35.9 Å². The van der Waals surface area contributed by atoms with Gasteiger partial charge in [-0.25, -0.2) is 9.59 Å². The van der Waals surface area contributed by atoms with E-state index in [1.54, 1.807) is 27.8 Å². The average Bonchev–Trinajstić information content (AvgIpc) is 2.60. The van der Waals surface area contributed by atoms with E-state index in [-0.39, 0.29) is 12.6 Å². The van der Waals surface area contributed by atoms with Crippen LogP contribution in [0.4, 0.5) is 9.59 Å². The van der Waals surface area contributed by atoms with Gasteiger partial charge in [-0.1, -0.05) is 43.7 Å². The van der Waals surface area contributed by atoms with Crippen LogP contribution in [0.5, 0.6) is 0 Å². The number of carbonyl (C=O) groups is 2. The second-order valence-electron chi connectivity index (χ2n) is 7.98. The molecule has 0 bridgehead atoms. The van der Waals surface area contributed by atoms with Crippen LogP contribution in [0, 0.1) is 0 Å². The Morgan fingerprint density at radius 3 is 2.43 bits per heavy atom. The summed E-state index contributed by atoms with van der Waals surface area (Å²) in [7, 11) is 1.62. The van der Waals surface area contributed by atoms with E-state index >= 15 is 0 Å². The van der Waals surface area contributed by atoms with Crippen LogP contribution in [-0.2, 0) is 11.2 Å². The number of rotatable bonds is 9. The fourth-order valence-electron chi connectivity index (χ4n) is 2.61. The van der Waals surface area contributed by atoms with Gasteiger partial charge in [-0.05, 0) is 39.2 Å². The summed E-state index contributed by atoms with van der Waals surface area (Å²) < 4.78 is 5.32. The molecule has 0 aliphatic heterocycles. The summed E-state index contributed by atoms with van der Waals surface area (Å²) in [6, 6.07) is 8.73. The smallest absolute Gasteiger partial charge is 0.407 e. The normalized spacial score (nSPS) is 13.4. The maximum Gasteiger partial charge on any atom is 0.407 e. The predicted octanol–water partition coefficient (Wildman–Crippen LogP) is 2.92. The highest BCUT2D eigenvalue weighted by molar-refractivity contribution is 5.73. The third kappa shape index (κ3) is 9.60. The lowest BCUT2D eigenvalue weighted by Gasteiger charge is -2.29. The summed E-state index contributed by atoms with van der Waals surface area (Å²) in [6.07, 6.45) is 0.772. The van der Waals surface area contributed by atoms with E-state index in [4.69, 9.17) is 4.74 Å². The van der Waals surface area contributed by atoms with Crippen LogP contribution >= 0.6 is 0 Å². The van der Waals surface area contributed by atoms with E-state index < -0.39 is 23.8 Å². The first-order valence-electron chi connectivity index (χ1n) is 9.83. The van der Waals surface area contributed by atoms with Gasteiger partial charge >= 0.3 is 12.1 Å². The number of carbonyl (C=O) groups excluding carboxylic acids is 2. The van der Waals surface area contributed by atoms with E-state index in [1.807, 2.05) is 30.3 Å². The van der Waals surface area contributed by atoms with Crippen molar-refractivity contribution >= 4 is 12.1 Å². The zero-order valence-electron chi connectivity index (χ0n) is 17.7. The number of nitrogens with one attached hydrogen (secondary N) is 2. The van der Waals surface area contributed by atoms with Crippen molar-refractivity contribution in [1.82, 2.24) is 15.5 Å². The molecule has 7 nitrogen and oxygen atoms in total. The van der Waals surface area contributed by atoms with Gasteiger partial charge < -0.3 is 25.4 Å². The minimum atomic E-state index is -0.949. The molecule has 0 fully saturated rings. The summed E-state index contributed by atoms with van der Waals surface area (Å²) >= 11 is 0. The number of hydrogen-bond acceptors (Lipinski definition) is 4. The number of benzene rings is 1. The molecule has 1 aromatic rings. The Morgan fingerprint density at radius 1 is 1.21 bits per heavy atom. The Hall–Kier alpha value is -2.28. The number of nitrogens with zero attached hydrogens (tertiary/aromatic N) is 1. The lowest BCUT2D eigenvalue weighted by Crippen LogP contribution is -2.52. The number of ether oxygens (including phenoxy) is 1. The summed E-state index contributed by atoms with van der Waals surface area (Å²) in [5.41, 5.74) is 0.333. The topological polar surface area (TPSA) is 90.9 Å². The third-order valence-electron chi connectivity index (χ3n) is 4.08. The average molecular weight is 394 g/mol. The van der Waals surface area contributed by atoms with Crippen LogP contribution in [0.3, 0.4) is 0 Å². The van der Waals surface area contributed by atoms with Crippen molar-refractivity contribution in [1.29, 1.82) is 0 Å². The van der Waals surface area contributed by atoms with E-state index in [1.165, 1.54) is 4.90 Å². The minimum absolute atomic E-state index is 0.0885. The number of aliphatic hydroxyl groups is 1. The van der Waals surface area contributed by atoms with E-state index in [9.17, 15) is 14.7 Å². The molecule has 7 heteroatoms. The highest BCUT2D eigenvalue weighted by Gasteiger charge is 2.26. The molecule has 0 heterocycles. The summed E-state index contributed by atoms with van der Waals surface area (Å²) in [6.45, 7) is 8.08. The molecule has 0 saturated carbocycles. The molecule has 0 aromatic heterocycles. The first-order chi connectivity index (χ1) is 13.1. The first kappa shape index (κ1) is 23.8. The largest absolute Gasteiger partial charge is 0.444 e. The van der Waals surface area contributed by atoms with Crippen molar-refractivity contribution in [2.24, 2.45) is 0 Å². The minimum Gasteiger partial charge on any atom is -0.444 e. The first-order valence-corrected chi connectivity index (χ1v) is 9.83. The van der Waals surface area contributed by atoms with Crippen LogP contribution < -0.4 is 10.6 Å². The van der Waals surface area contributed by atoms with Gasteiger partial charge in [-0.2, -0.15) is 0 Å². The number of amides is 3. The fraction of sp³-hybridized carbons (Fsp3) is 0.619. The zero-order valence-corrected chi connectivity index (χ0v) is 17.7. The third-order valence-corrected chi connectivity index (χ3v) is 4.08. The Labute approximate surface area is 168 Å². The Kier molecular flexibility index (Phi) is 9.79. The number of likely N-dealkylation sites (N-methyl/N-ethyl adjacent to an activating group) is 1. The van der Waals surface area contributed by atoms with Crippen molar-refractivity contribution in [3.63, 3.8) is 0 Å². The highest BCUT2D eigenvalue weighted by atomic mass is 16.6. The molecule has 28 heavy (non-hydrogen) atoms. The van der Waals surface area contributed by atoms with Gasteiger partial charge in [0.1, 0.15) is 5.60 Å². The van der Waals surface area contributed by atoms with Crippen LogP contribution in [0.15, 0.2) is 30.3 Å². The van der Waals surface area contributed by atoms with Crippen molar-refractivity contribution < 1.29 is 19.4 Å². The second-order valence-corrected chi connectivity index (χ2v) is 7.98. The number of aliphatic hydroxyl groups excluding tert-OH is 1. The van der Waals surface area contributed by atoms with E-state index in [0.29, 0.717) is 13.0 Å². The molecule has 3 N–H and O–H groups in total. The molecule has 0 unspecified atom stereocenters. The number of alkyl carbamates (subject to hydrolysis) is 1. The van der Waals surface area contributed by atoms with Crippen LogP contribution in [0.2, 0.25) is 0 Å². The van der Waals surface area contributed by atoms with Crippen molar-refractivity contribution in [2.75, 3.05) is 20.1 Å². The predicted molar refractivity (Wildman–Crippen MR) is 110 cm³/mol. The highest BCUT2D eigenvalue weighted by Crippen LogP contribution is 2.11. The quantitative estimate of drug-likeness (QED) is 0.563. The van der Waals surface area contributed by atoms with Crippen LogP contribution in [0.1, 0.15) is 46.1 Å². The molecular weight excluding hydrogens is 358 g/mol. The maximum atomic E-state index is 12.2. The second kappa shape index (κ2) is 11.5. The van der Waals surface area contributed by atoms with E-state index in [0.717, 1.165) is 18.4 Å². The molecular formula is C21H35N3O4. The Bertz CT molecular complexity index is 601. The molecule has 0 saturated heterocycles. The zero-order chi connectivity index (χ0) is 21.2. The van der Waals surface area contributed by atoms with Gasteiger partial charge in [0.05, 0.1) is 18.7 Å². The van der Waals surface area contributed by atoms with Gasteiger partial charge in [-0.3, -0.25) is 0 Å². The van der Waals surface area contributed by atoms with Crippen molar-refractivity contribution in [3.8, 4) is 0 Å². The summed E-state index contributed by atoms with van der Waals surface area (Å²) in [4.78, 5) is 25.8. The number of unbranched alkanes of at least 4 members (excludes halogenated alkanes) is 1. The van der Waals surface area contributed by atoms with Gasteiger partial charge in [0.2, 0.25) is 0 Å². The molecule has 3 amide bonds. The van der Waals surface area contributed by atoms with Gasteiger partial charge in [0.15, 0.2) is 0 Å². The lowest BCUT2D eigenvalue weighted by molar-refractivity contribution is 0.0396. The maximum absolute atomic E-state index is 12.2. The Balaban J connectivity index is 2.75. The molecule has 0 aliphatic rings. The molecule has 1 aromatic carbocycles. The molecule has 0 aliphatic carbocycles. The fourth-order valence-corrected chi connectivity index (χ4v) is 2.61. The molecule has 1 rings (SSSR count). The molecule has 0 spiro atoms. The molecule has 2 atom stereocenters. The number of hydrogen-bond donors (Lipinski definition) is 3. The Morgan fingerprint density at radius 2 is 1.86 bits per heavy atom. The van der Waals surface area contributed by atoms with Gasteiger partial charge in [0.25, 0.3) is 0 Å². The SMILES string of the molecule is CCCCNC(=O)N(C)C[C@H](O)[C@H](Cc1ccccc1)NC(=O)OC(C)(C)C. The summed E-state index contributed by atoms with van der Waals surface area (Å²) in [5, 5.41) is 16.3. The standard InChI is InChI=1S/C21H35N3O4/c1-6-7-13-22-19(26)24(5)15-18(25)17(14-16-11-9-8-10-12-16)23-20(27)28-21(2,3)4/h8-12,17-18,25H,6-7,13-15H2,1-5H3,(H,22,26)(H,23,27)/t17-,18-/m0/s1. The molecule has 0 radical (unpaired) electrons. The summed E-state index contributed by atoms with van der Waals surface area (Å²) in [5.74, 6) is 0. The van der Waals surface area contributed by atoms with E-state index in [2.05, 4.69) is 17.6 Å². The lowest BCUT2D eigenvalue weighted by atomic mass is 10.0. The monoisotopic (exact) mass is 393 g/mol. The van der Waals surface area contributed by atoms with Crippen molar-refractivity contribution in [2.45, 2.75) is 64.7 Å².